The summed E-state index contributed by atoms with van der Waals surface area (Å²) in [5.74, 6) is 1.41. The van der Waals surface area contributed by atoms with Gasteiger partial charge in [0.25, 0.3) is 0 Å². The van der Waals surface area contributed by atoms with Crippen LogP contribution in [-0.4, -0.2) is 60.3 Å². The van der Waals surface area contributed by atoms with Crippen molar-refractivity contribution in [2.45, 2.75) is 25.3 Å². The molecule has 5 rings (SSSR count). The second kappa shape index (κ2) is 10.9. The van der Waals surface area contributed by atoms with Crippen LogP contribution in [0.1, 0.15) is 36.4 Å². The Labute approximate surface area is 217 Å². The monoisotopic (exact) mass is 502 g/mol. The van der Waals surface area contributed by atoms with Gasteiger partial charge in [-0.2, -0.15) is 0 Å². The van der Waals surface area contributed by atoms with Crippen molar-refractivity contribution in [1.82, 2.24) is 9.80 Å². The summed E-state index contributed by atoms with van der Waals surface area (Å²) in [4.78, 5) is 5.85. The summed E-state index contributed by atoms with van der Waals surface area (Å²) in [6.45, 7) is 4.05. The maximum Gasteiger partial charge on any atom is 0.119 e. The highest BCUT2D eigenvalue weighted by Crippen LogP contribution is 2.46. The van der Waals surface area contributed by atoms with Crippen molar-refractivity contribution in [3.05, 3.63) is 77.9 Å². The van der Waals surface area contributed by atoms with Crippen LogP contribution >= 0.6 is 11.3 Å². The highest BCUT2D eigenvalue weighted by atomic mass is 32.1. The number of likely N-dealkylation sites (tertiary alicyclic amines) is 1. The average Bonchev–Trinajstić information content (AvgIpc) is 3.24. The van der Waals surface area contributed by atoms with Gasteiger partial charge in [-0.05, 0) is 111 Å². The van der Waals surface area contributed by atoms with Gasteiger partial charge in [-0.3, -0.25) is 9.80 Å². The zero-order chi connectivity index (χ0) is 25.1. The van der Waals surface area contributed by atoms with E-state index in [1.54, 1.807) is 29.5 Å². The van der Waals surface area contributed by atoms with Crippen LogP contribution in [0.2, 0.25) is 0 Å². The van der Waals surface area contributed by atoms with Crippen LogP contribution in [-0.2, 0) is 0 Å². The Morgan fingerprint density at radius 1 is 0.889 bits per heavy atom. The molecule has 0 amide bonds. The Morgan fingerprint density at radius 2 is 1.58 bits per heavy atom. The minimum Gasteiger partial charge on any atom is -0.508 e. The molecule has 6 heteroatoms. The first-order chi connectivity index (χ1) is 17.5. The Bertz CT molecular complexity index is 1290. The van der Waals surface area contributed by atoms with E-state index < -0.39 is 0 Å². The standard InChI is InChI=1S/C30H34N2O3S/c1-31(2)29(21-8-13-25(14-9-21)35-19-18-32-16-4-3-5-17-32)28-26-15-12-24(34)20-27(26)36-30(28)22-6-10-23(33)11-7-22/h6-15,20,29,33-34H,3-5,16-19H2,1-2H3. The Balaban J connectivity index is 1.45. The fraction of sp³-hybridized carbons (Fsp3) is 0.333. The highest BCUT2D eigenvalue weighted by molar-refractivity contribution is 7.22. The molecule has 1 aliphatic rings. The van der Waals surface area contributed by atoms with E-state index in [4.69, 9.17) is 4.74 Å². The third kappa shape index (κ3) is 5.36. The summed E-state index contributed by atoms with van der Waals surface area (Å²) in [6, 6.07) is 21.4. The lowest BCUT2D eigenvalue weighted by Gasteiger charge is -2.27. The van der Waals surface area contributed by atoms with Gasteiger partial charge in [0.2, 0.25) is 0 Å². The van der Waals surface area contributed by atoms with E-state index in [9.17, 15) is 10.2 Å². The van der Waals surface area contributed by atoms with Crippen molar-refractivity contribution >= 4 is 21.4 Å². The molecule has 3 aromatic carbocycles. The maximum atomic E-state index is 10.1. The molecule has 1 aromatic heterocycles. The molecule has 1 aliphatic heterocycles. The van der Waals surface area contributed by atoms with Crippen LogP contribution in [0.3, 0.4) is 0 Å². The van der Waals surface area contributed by atoms with E-state index in [-0.39, 0.29) is 17.5 Å². The zero-order valence-electron chi connectivity index (χ0n) is 21.0. The quantitative estimate of drug-likeness (QED) is 0.288. The summed E-state index contributed by atoms with van der Waals surface area (Å²) in [7, 11) is 4.19. The molecule has 188 valence electrons. The second-order valence-electron chi connectivity index (χ2n) is 9.76. The molecule has 4 aromatic rings. The molecule has 1 unspecified atom stereocenters. The fourth-order valence-electron chi connectivity index (χ4n) is 5.15. The third-order valence-corrected chi connectivity index (χ3v) is 8.17. The minimum absolute atomic E-state index is 0.00879. The predicted octanol–water partition coefficient (Wildman–Crippen LogP) is 6.50. The van der Waals surface area contributed by atoms with Crippen molar-refractivity contribution < 1.29 is 14.9 Å². The van der Waals surface area contributed by atoms with Crippen molar-refractivity contribution in [2.75, 3.05) is 40.3 Å². The molecule has 1 fully saturated rings. The van der Waals surface area contributed by atoms with Gasteiger partial charge in [-0.15, -0.1) is 11.3 Å². The fourth-order valence-corrected chi connectivity index (χ4v) is 6.42. The number of hydrogen-bond acceptors (Lipinski definition) is 6. The number of phenols is 2. The zero-order valence-corrected chi connectivity index (χ0v) is 21.8. The number of thiophene rings is 1. The Hall–Kier alpha value is -3.06. The molecule has 1 atom stereocenters. The number of nitrogens with zero attached hydrogens (tertiary/aromatic N) is 2. The first-order valence-corrected chi connectivity index (χ1v) is 13.5. The van der Waals surface area contributed by atoms with Crippen molar-refractivity contribution in [3.8, 4) is 27.7 Å². The smallest absolute Gasteiger partial charge is 0.119 e. The van der Waals surface area contributed by atoms with Crippen LogP contribution in [0.4, 0.5) is 0 Å². The predicted molar refractivity (Wildman–Crippen MR) is 148 cm³/mol. The molecule has 5 nitrogen and oxygen atoms in total. The molecule has 0 aliphatic carbocycles. The maximum absolute atomic E-state index is 10.1. The van der Waals surface area contributed by atoms with Gasteiger partial charge in [0.05, 0.1) is 6.04 Å². The van der Waals surface area contributed by atoms with E-state index >= 15 is 0 Å². The van der Waals surface area contributed by atoms with Crippen LogP contribution in [0.5, 0.6) is 17.2 Å². The number of ether oxygens (including phenoxy) is 1. The Morgan fingerprint density at radius 3 is 2.28 bits per heavy atom. The molecular formula is C30H34N2O3S. The Kier molecular flexibility index (Phi) is 7.46. The number of piperidine rings is 1. The third-order valence-electron chi connectivity index (χ3n) is 6.95. The van der Waals surface area contributed by atoms with E-state index in [1.807, 2.05) is 24.3 Å². The van der Waals surface area contributed by atoms with Crippen molar-refractivity contribution in [2.24, 2.45) is 0 Å². The summed E-state index contributed by atoms with van der Waals surface area (Å²) >= 11 is 1.67. The van der Waals surface area contributed by atoms with Crippen LogP contribution in [0.25, 0.3) is 20.5 Å². The van der Waals surface area contributed by atoms with E-state index in [0.29, 0.717) is 6.61 Å². The normalized spacial score (nSPS) is 15.4. The van der Waals surface area contributed by atoms with Crippen molar-refractivity contribution in [3.63, 3.8) is 0 Å². The number of fused-ring (bicyclic) bond motifs is 1. The van der Waals surface area contributed by atoms with Crippen molar-refractivity contribution in [1.29, 1.82) is 0 Å². The first kappa shape index (κ1) is 24.6. The van der Waals surface area contributed by atoms with Gasteiger partial charge in [0.1, 0.15) is 23.9 Å². The molecule has 2 N–H and O–H groups in total. The van der Waals surface area contributed by atoms with E-state index in [2.05, 4.69) is 48.2 Å². The molecule has 0 radical (unpaired) electrons. The van der Waals surface area contributed by atoms with Gasteiger partial charge in [0, 0.05) is 21.7 Å². The molecule has 1 saturated heterocycles. The van der Waals surface area contributed by atoms with Crippen LogP contribution < -0.4 is 4.74 Å². The lowest BCUT2D eigenvalue weighted by Crippen LogP contribution is -2.33. The van der Waals surface area contributed by atoms with Gasteiger partial charge in [-0.25, -0.2) is 0 Å². The molecule has 2 heterocycles. The molecular weight excluding hydrogens is 468 g/mol. The SMILES string of the molecule is CN(C)C(c1ccc(OCCN2CCCCC2)cc1)c1c(-c2ccc(O)cc2)sc2cc(O)ccc12. The average molecular weight is 503 g/mol. The number of rotatable bonds is 8. The van der Waals surface area contributed by atoms with Crippen LogP contribution in [0, 0.1) is 0 Å². The molecule has 36 heavy (non-hydrogen) atoms. The molecule has 0 spiro atoms. The largest absolute Gasteiger partial charge is 0.508 e. The first-order valence-electron chi connectivity index (χ1n) is 12.7. The lowest BCUT2D eigenvalue weighted by molar-refractivity contribution is 0.183. The molecule has 0 bridgehead atoms. The summed E-state index contributed by atoms with van der Waals surface area (Å²) in [5, 5.41) is 21.1. The van der Waals surface area contributed by atoms with Crippen LogP contribution in [0.15, 0.2) is 66.7 Å². The highest BCUT2D eigenvalue weighted by Gasteiger charge is 2.26. The van der Waals surface area contributed by atoms with Gasteiger partial charge < -0.3 is 14.9 Å². The topological polar surface area (TPSA) is 56.2 Å². The van der Waals surface area contributed by atoms with Gasteiger partial charge >= 0.3 is 0 Å². The van der Waals surface area contributed by atoms with Gasteiger partial charge in [0.15, 0.2) is 0 Å². The van der Waals surface area contributed by atoms with Gasteiger partial charge in [-0.1, -0.05) is 18.6 Å². The number of aromatic hydroxyl groups is 2. The summed E-state index contributed by atoms with van der Waals surface area (Å²) in [6.07, 6.45) is 3.94. The summed E-state index contributed by atoms with van der Waals surface area (Å²) < 4.78 is 7.12. The second-order valence-corrected chi connectivity index (χ2v) is 10.8. The number of phenolic OH excluding ortho intramolecular Hbond substituents is 2. The minimum atomic E-state index is 0.00879. The number of benzene rings is 3. The summed E-state index contributed by atoms with van der Waals surface area (Å²) in [5.41, 5.74) is 3.42. The van der Waals surface area contributed by atoms with E-state index in [1.165, 1.54) is 43.5 Å². The number of hydrogen-bond donors (Lipinski definition) is 2. The van der Waals surface area contributed by atoms with E-state index in [0.717, 1.165) is 32.8 Å². The lowest BCUT2D eigenvalue weighted by atomic mass is 9.93. The molecule has 0 saturated carbocycles.